The number of methoxy groups -OCH3 is 1. The second kappa shape index (κ2) is 3.66. The van der Waals surface area contributed by atoms with Crippen LogP contribution in [0.5, 0.6) is 5.75 Å². The van der Waals surface area contributed by atoms with Crippen molar-refractivity contribution in [3.63, 3.8) is 0 Å². The Kier molecular flexibility index (Phi) is 2.36. The van der Waals surface area contributed by atoms with E-state index in [9.17, 15) is 0 Å². The Labute approximate surface area is 77.9 Å². The summed E-state index contributed by atoms with van der Waals surface area (Å²) in [6.45, 7) is 2.50. The molecule has 0 atom stereocenters. The maximum absolute atomic E-state index is 5.26. The second-order valence-electron chi connectivity index (χ2n) is 3.00. The first-order valence-corrected chi connectivity index (χ1v) is 4.37. The fraction of sp³-hybridized carbons (Fsp3) is 0.400. The van der Waals surface area contributed by atoms with Crippen LogP contribution < -0.4 is 9.64 Å². The smallest absolute Gasteiger partial charge is 0.119 e. The van der Waals surface area contributed by atoms with Gasteiger partial charge in [0, 0.05) is 12.2 Å². The van der Waals surface area contributed by atoms with E-state index < -0.39 is 0 Å². The molecule has 3 nitrogen and oxygen atoms in total. The molecule has 0 amide bonds. The van der Waals surface area contributed by atoms with Crippen molar-refractivity contribution in [2.45, 2.75) is 0 Å². The molecule has 0 aromatic heterocycles. The van der Waals surface area contributed by atoms with Crippen LogP contribution in [-0.4, -0.2) is 27.0 Å². The van der Waals surface area contributed by atoms with Crippen LogP contribution in [0.3, 0.4) is 0 Å². The highest BCUT2D eigenvalue weighted by Crippen LogP contribution is 2.20. The van der Waals surface area contributed by atoms with Gasteiger partial charge in [-0.2, -0.15) is 0 Å². The Morgan fingerprint density at radius 1 is 1.31 bits per heavy atom. The quantitative estimate of drug-likeness (QED) is 0.686. The molecule has 0 radical (unpaired) electrons. The van der Waals surface area contributed by atoms with E-state index in [1.807, 2.05) is 24.3 Å². The fourth-order valence-electron chi connectivity index (χ4n) is 1.41. The zero-order valence-corrected chi connectivity index (χ0v) is 7.69. The van der Waals surface area contributed by atoms with Gasteiger partial charge in [0.2, 0.25) is 0 Å². The van der Waals surface area contributed by atoms with Crippen LogP contribution in [0.4, 0.5) is 5.69 Å². The third-order valence-electron chi connectivity index (χ3n) is 2.19. The largest absolute Gasteiger partial charge is 0.497 e. The topological polar surface area (TPSA) is 21.7 Å². The first-order valence-electron chi connectivity index (χ1n) is 4.37. The molecule has 1 aromatic carbocycles. The molecule has 13 heavy (non-hydrogen) atoms. The van der Waals surface area contributed by atoms with E-state index in [1.54, 1.807) is 7.11 Å². The van der Waals surface area contributed by atoms with E-state index in [-0.39, 0.29) is 0 Å². The minimum absolute atomic E-state index is 0.701. The van der Waals surface area contributed by atoms with Crippen LogP contribution in [0.15, 0.2) is 24.3 Å². The number of benzene rings is 1. The van der Waals surface area contributed by atoms with Gasteiger partial charge >= 0.3 is 0 Å². The van der Waals surface area contributed by atoms with Gasteiger partial charge in [-0.3, -0.25) is 0 Å². The van der Waals surface area contributed by atoms with Gasteiger partial charge in [-0.25, -0.2) is 0 Å². The van der Waals surface area contributed by atoms with Crippen molar-refractivity contribution >= 4 is 5.69 Å². The summed E-state index contributed by atoms with van der Waals surface area (Å²) < 4.78 is 10.3. The summed E-state index contributed by atoms with van der Waals surface area (Å²) >= 11 is 0. The Bertz CT molecular complexity index is 265. The molecule has 1 aliphatic rings. The van der Waals surface area contributed by atoms with Crippen molar-refractivity contribution in [2.75, 3.05) is 31.9 Å². The Balaban J connectivity index is 2.12. The lowest BCUT2D eigenvalue weighted by atomic mass is 10.3. The molecule has 0 N–H and O–H groups in total. The monoisotopic (exact) mass is 179 g/mol. The number of anilines is 1. The molecule has 0 spiro atoms. The summed E-state index contributed by atoms with van der Waals surface area (Å²) in [6, 6.07) is 8.03. The average Bonchev–Trinajstić information content (AvgIpc) is 2.71. The number of nitrogens with zero attached hydrogens (tertiary/aromatic N) is 1. The lowest BCUT2D eigenvalue weighted by molar-refractivity contribution is 0.201. The SMILES string of the molecule is COc1ccc(N2CCOC2)cc1. The lowest BCUT2D eigenvalue weighted by Gasteiger charge is -2.15. The van der Waals surface area contributed by atoms with Crippen LogP contribution in [-0.2, 0) is 4.74 Å². The molecule has 1 fully saturated rings. The van der Waals surface area contributed by atoms with Gasteiger partial charge in [0.05, 0.1) is 13.7 Å². The summed E-state index contributed by atoms with van der Waals surface area (Å²) in [7, 11) is 1.67. The highest BCUT2D eigenvalue weighted by Gasteiger charge is 2.11. The molecular weight excluding hydrogens is 166 g/mol. The molecule has 0 saturated carbocycles. The van der Waals surface area contributed by atoms with Crippen molar-refractivity contribution in [1.82, 2.24) is 0 Å². The standard InChI is InChI=1S/C10H13NO2/c1-12-10-4-2-9(3-5-10)11-6-7-13-8-11/h2-5H,6-8H2,1H3. The Morgan fingerprint density at radius 3 is 2.62 bits per heavy atom. The molecule has 3 heteroatoms. The van der Waals surface area contributed by atoms with Crippen molar-refractivity contribution in [2.24, 2.45) is 0 Å². The predicted molar refractivity (Wildman–Crippen MR) is 51.2 cm³/mol. The minimum atomic E-state index is 0.701. The molecule has 1 aliphatic heterocycles. The van der Waals surface area contributed by atoms with E-state index in [0.717, 1.165) is 18.9 Å². The third kappa shape index (κ3) is 1.75. The van der Waals surface area contributed by atoms with Crippen molar-refractivity contribution in [1.29, 1.82) is 0 Å². The van der Waals surface area contributed by atoms with Gasteiger partial charge in [0.15, 0.2) is 0 Å². The van der Waals surface area contributed by atoms with E-state index >= 15 is 0 Å². The molecule has 0 unspecified atom stereocenters. The van der Waals surface area contributed by atoms with E-state index in [2.05, 4.69) is 4.90 Å². The van der Waals surface area contributed by atoms with Gasteiger partial charge in [0.25, 0.3) is 0 Å². The molecule has 70 valence electrons. The molecule has 1 aromatic rings. The number of hydrogen-bond acceptors (Lipinski definition) is 3. The predicted octanol–water partition coefficient (Wildman–Crippen LogP) is 1.49. The van der Waals surface area contributed by atoms with Crippen molar-refractivity contribution in [3.05, 3.63) is 24.3 Å². The average molecular weight is 179 g/mol. The number of ether oxygens (including phenoxy) is 2. The third-order valence-corrected chi connectivity index (χ3v) is 2.19. The summed E-state index contributed by atoms with van der Waals surface area (Å²) in [6.07, 6.45) is 0. The van der Waals surface area contributed by atoms with Gasteiger partial charge in [-0.05, 0) is 24.3 Å². The summed E-state index contributed by atoms with van der Waals surface area (Å²) in [4.78, 5) is 2.19. The number of hydrogen-bond donors (Lipinski definition) is 0. The van der Waals surface area contributed by atoms with Crippen molar-refractivity contribution < 1.29 is 9.47 Å². The molecule has 0 aliphatic carbocycles. The zero-order valence-electron chi connectivity index (χ0n) is 7.69. The Morgan fingerprint density at radius 2 is 2.08 bits per heavy atom. The van der Waals surface area contributed by atoms with Crippen molar-refractivity contribution in [3.8, 4) is 5.75 Å². The van der Waals surface area contributed by atoms with Crippen LogP contribution in [0, 0.1) is 0 Å². The Hall–Kier alpha value is -1.22. The van der Waals surface area contributed by atoms with E-state index in [0.29, 0.717) is 6.73 Å². The summed E-state index contributed by atoms with van der Waals surface area (Å²) in [5.41, 5.74) is 1.19. The van der Waals surface area contributed by atoms with Gasteiger partial charge in [0.1, 0.15) is 12.5 Å². The van der Waals surface area contributed by atoms with Crippen LogP contribution >= 0.6 is 0 Å². The maximum Gasteiger partial charge on any atom is 0.119 e. The highest BCUT2D eigenvalue weighted by atomic mass is 16.5. The fourth-order valence-corrected chi connectivity index (χ4v) is 1.41. The normalized spacial score (nSPS) is 16.2. The summed E-state index contributed by atoms with van der Waals surface area (Å²) in [5, 5.41) is 0. The van der Waals surface area contributed by atoms with Crippen LogP contribution in [0.2, 0.25) is 0 Å². The number of rotatable bonds is 2. The first-order chi connectivity index (χ1) is 6.40. The van der Waals surface area contributed by atoms with Gasteiger partial charge in [-0.15, -0.1) is 0 Å². The van der Waals surface area contributed by atoms with E-state index in [4.69, 9.17) is 9.47 Å². The first kappa shape index (κ1) is 8.38. The second-order valence-corrected chi connectivity index (χ2v) is 3.00. The highest BCUT2D eigenvalue weighted by molar-refractivity contribution is 5.49. The molecule has 2 rings (SSSR count). The molecule has 0 bridgehead atoms. The molecular formula is C10H13NO2. The lowest BCUT2D eigenvalue weighted by Crippen LogP contribution is -2.18. The molecule has 1 saturated heterocycles. The van der Waals surface area contributed by atoms with Crippen LogP contribution in [0.25, 0.3) is 0 Å². The van der Waals surface area contributed by atoms with Gasteiger partial charge in [-0.1, -0.05) is 0 Å². The van der Waals surface area contributed by atoms with E-state index in [1.165, 1.54) is 5.69 Å². The zero-order chi connectivity index (χ0) is 9.10. The maximum atomic E-state index is 5.26. The minimum Gasteiger partial charge on any atom is -0.497 e. The van der Waals surface area contributed by atoms with Crippen LogP contribution in [0.1, 0.15) is 0 Å². The molecule has 1 heterocycles. The summed E-state index contributed by atoms with van der Waals surface area (Å²) in [5.74, 6) is 0.892. The van der Waals surface area contributed by atoms with Gasteiger partial charge < -0.3 is 14.4 Å².